The summed E-state index contributed by atoms with van der Waals surface area (Å²) in [6, 6.07) is 16.8. The minimum atomic E-state index is -0.478. The maximum absolute atomic E-state index is 12.9. The SMILES string of the molecule is NC(=O)C1(C2CCCCN2)C[C@H]2CC[C@H](C1)N2C(c1ccccc1Cl)c1ccccc1Cl. The average molecular weight is 472 g/mol. The van der Waals surface area contributed by atoms with Crippen molar-refractivity contribution >= 4 is 29.1 Å². The van der Waals surface area contributed by atoms with Gasteiger partial charge in [-0.25, -0.2) is 0 Å². The lowest BCUT2D eigenvalue weighted by atomic mass is 9.66. The average Bonchev–Trinajstić information content (AvgIpc) is 3.06. The third kappa shape index (κ3) is 3.75. The van der Waals surface area contributed by atoms with Gasteiger partial charge in [0.1, 0.15) is 0 Å². The number of fused-ring (bicyclic) bond motifs is 2. The Kier molecular flexibility index (Phi) is 6.23. The van der Waals surface area contributed by atoms with Crippen LogP contribution in [0.3, 0.4) is 0 Å². The summed E-state index contributed by atoms with van der Waals surface area (Å²) in [5.74, 6) is -0.138. The van der Waals surface area contributed by atoms with Crippen LogP contribution in [0.15, 0.2) is 48.5 Å². The molecule has 32 heavy (non-hydrogen) atoms. The van der Waals surface area contributed by atoms with Crippen molar-refractivity contribution in [2.24, 2.45) is 11.1 Å². The van der Waals surface area contributed by atoms with Gasteiger partial charge in [-0.1, -0.05) is 66.0 Å². The normalized spacial score (nSPS) is 30.5. The van der Waals surface area contributed by atoms with Crippen LogP contribution >= 0.6 is 23.2 Å². The molecule has 170 valence electrons. The molecule has 0 aliphatic carbocycles. The fourth-order valence-electron chi connectivity index (χ4n) is 6.61. The summed E-state index contributed by atoms with van der Waals surface area (Å²) in [5, 5.41) is 5.14. The van der Waals surface area contributed by atoms with E-state index < -0.39 is 5.41 Å². The molecule has 1 unspecified atom stereocenters. The lowest BCUT2D eigenvalue weighted by Gasteiger charge is -2.52. The molecule has 3 saturated heterocycles. The number of carbonyl (C=O) groups excluding carboxylic acids is 1. The van der Waals surface area contributed by atoms with Crippen LogP contribution in [0.25, 0.3) is 0 Å². The van der Waals surface area contributed by atoms with Crippen molar-refractivity contribution in [1.29, 1.82) is 0 Å². The molecule has 3 aliphatic heterocycles. The van der Waals surface area contributed by atoms with Crippen LogP contribution in [0.2, 0.25) is 10.0 Å². The third-order valence-electron chi connectivity index (χ3n) is 8.04. The molecule has 1 amide bonds. The van der Waals surface area contributed by atoms with Crippen molar-refractivity contribution in [3.8, 4) is 0 Å². The molecule has 5 rings (SSSR count). The molecule has 0 aromatic heterocycles. The van der Waals surface area contributed by atoms with Crippen LogP contribution in [0.5, 0.6) is 0 Å². The topological polar surface area (TPSA) is 58.4 Å². The highest BCUT2D eigenvalue weighted by Crippen LogP contribution is 2.53. The van der Waals surface area contributed by atoms with Crippen LogP contribution in [0.1, 0.15) is 62.1 Å². The maximum Gasteiger partial charge on any atom is 0.225 e. The summed E-state index contributed by atoms with van der Waals surface area (Å²) in [7, 11) is 0. The number of hydrogen-bond donors (Lipinski definition) is 2. The minimum absolute atomic E-state index is 0.0416. The summed E-state index contributed by atoms with van der Waals surface area (Å²) in [6.07, 6.45) is 7.08. The molecular weight excluding hydrogens is 441 g/mol. The zero-order valence-electron chi connectivity index (χ0n) is 18.3. The van der Waals surface area contributed by atoms with Crippen molar-refractivity contribution < 1.29 is 4.79 Å². The second-order valence-corrected chi connectivity index (χ2v) is 10.5. The van der Waals surface area contributed by atoms with Gasteiger partial charge < -0.3 is 11.1 Å². The lowest BCUT2D eigenvalue weighted by molar-refractivity contribution is -0.136. The number of hydrogen-bond acceptors (Lipinski definition) is 3. The van der Waals surface area contributed by atoms with E-state index in [-0.39, 0.29) is 30.1 Å². The Morgan fingerprint density at radius 3 is 1.97 bits per heavy atom. The van der Waals surface area contributed by atoms with Gasteiger partial charge in [0.05, 0.1) is 11.5 Å². The zero-order valence-corrected chi connectivity index (χ0v) is 19.8. The minimum Gasteiger partial charge on any atom is -0.369 e. The number of nitrogens with zero attached hydrogens (tertiary/aromatic N) is 1. The fourth-order valence-corrected chi connectivity index (χ4v) is 7.08. The Hall–Kier alpha value is -1.59. The number of halogens is 2. The number of primary amides is 1. The van der Waals surface area contributed by atoms with Gasteiger partial charge in [0.25, 0.3) is 0 Å². The number of piperidine rings is 2. The molecule has 0 radical (unpaired) electrons. The highest BCUT2D eigenvalue weighted by Gasteiger charge is 2.56. The number of benzene rings is 2. The summed E-state index contributed by atoms with van der Waals surface area (Å²) >= 11 is 13.5. The van der Waals surface area contributed by atoms with Gasteiger partial charge in [-0.2, -0.15) is 0 Å². The number of nitrogens with one attached hydrogen (secondary N) is 1. The first-order valence-electron chi connectivity index (χ1n) is 11.8. The quantitative estimate of drug-likeness (QED) is 0.619. The van der Waals surface area contributed by atoms with Gasteiger partial charge >= 0.3 is 0 Å². The van der Waals surface area contributed by atoms with Crippen molar-refractivity contribution in [3.63, 3.8) is 0 Å². The van der Waals surface area contributed by atoms with Crippen LogP contribution in [0.4, 0.5) is 0 Å². The van der Waals surface area contributed by atoms with Crippen LogP contribution in [-0.2, 0) is 4.79 Å². The Morgan fingerprint density at radius 1 is 0.938 bits per heavy atom. The van der Waals surface area contributed by atoms with Crippen molar-refractivity contribution in [2.45, 2.75) is 69.1 Å². The van der Waals surface area contributed by atoms with Gasteiger partial charge in [0, 0.05) is 28.2 Å². The van der Waals surface area contributed by atoms with Crippen LogP contribution in [0, 0.1) is 5.41 Å². The van der Waals surface area contributed by atoms with Crippen molar-refractivity contribution in [3.05, 3.63) is 69.7 Å². The van der Waals surface area contributed by atoms with E-state index in [1.54, 1.807) is 0 Å². The monoisotopic (exact) mass is 471 g/mol. The molecule has 6 heteroatoms. The van der Waals surface area contributed by atoms with E-state index >= 15 is 0 Å². The van der Waals surface area contributed by atoms with Crippen molar-refractivity contribution in [1.82, 2.24) is 10.2 Å². The molecule has 3 N–H and O–H groups in total. The maximum atomic E-state index is 12.9. The van der Waals surface area contributed by atoms with E-state index in [1.165, 1.54) is 6.42 Å². The molecular formula is C26H31Cl2N3O. The van der Waals surface area contributed by atoms with Crippen LogP contribution < -0.4 is 11.1 Å². The van der Waals surface area contributed by atoms with E-state index in [4.69, 9.17) is 28.9 Å². The van der Waals surface area contributed by atoms with E-state index in [2.05, 4.69) is 22.3 Å². The standard InChI is InChI=1S/C26H31Cl2N3O/c27-21-9-3-1-7-19(21)24(20-8-2-4-10-22(20)28)31-17-12-13-18(31)16-26(15-17,25(29)32)23-11-5-6-14-30-23/h1-4,7-10,17-18,23-24,30H,5-6,11-16H2,(H2,29,32)/t17-,18-,23?/m1/s1. The van der Waals surface area contributed by atoms with Gasteiger partial charge in [-0.15, -0.1) is 0 Å². The Morgan fingerprint density at radius 2 is 1.50 bits per heavy atom. The van der Waals surface area contributed by atoms with E-state index in [0.717, 1.165) is 66.2 Å². The van der Waals surface area contributed by atoms with Crippen molar-refractivity contribution in [2.75, 3.05) is 6.54 Å². The Labute approximate surface area is 200 Å². The molecule has 3 fully saturated rings. The smallest absolute Gasteiger partial charge is 0.225 e. The van der Waals surface area contributed by atoms with Crippen LogP contribution in [-0.4, -0.2) is 35.5 Å². The summed E-state index contributed by atoms with van der Waals surface area (Å²) in [6.45, 7) is 0.973. The zero-order chi connectivity index (χ0) is 22.3. The largest absolute Gasteiger partial charge is 0.369 e. The number of amides is 1. The molecule has 0 saturated carbocycles. The summed E-state index contributed by atoms with van der Waals surface area (Å²) < 4.78 is 0. The predicted octanol–water partition coefficient (Wildman–Crippen LogP) is 5.32. The summed E-state index contributed by atoms with van der Waals surface area (Å²) in [5.41, 5.74) is 7.80. The molecule has 2 bridgehead atoms. The lowest BCUT2D eigenvalue weighted by Crippen LogP contribution is -2.61. The number of nitrogens with two attached hydrogens (primary N) is 1. The summed E-state index contributed by atoms with van der Waals surface area (Å²) in [4.78, 5) is 15.5. The number of rotatable bonds is 5. The van der Waals surface area contributed by atoms with Gasteiger partial charge in [0.2, 0.25) is 5.91 Å². The highest BCUT2D eigenvalue weighted by atomic mass is 35.5. The molecule has 2 aromatic rings. The fraction of sp³-hybridized carbons (Fsp3) is 0.500. The number of carbonyl (C=O) groups is 1. The van der Waals surface area contributed by atoms with E-state index in [1.807, 2.05) is 36.4 Å². The van der Waals surface area contributed by atoms with Gasteiger partial charge in [-0.3, -0.25) is 9.69 Å². The molecule has 0 spiro atoms. The molecule has 3 aliphatic rings. The second-order valence-electron chi connectivity index (χ2n) is 9.71. The molecule has 3 atom stereocenters. The molecule has 4 nitrogen and oxygen atoms in total. The Balaban J connectivity index is 1.55. The molecule has 3 heterocycles. The highest BCUT2D eigenvalue weighted by molar-refractivity contribution is 6.32. The molecule has 2 aromatic carbocycles. The third-order valence-corrected chi connectivity index (χ3v) is 8.73. The first-order chi connectivity index (χ1) is 15.5. The van der Waals surface area contributed by atoms with E-state index in [0.29, 0.717) is 0 Å². The second kappa shape index (κ2) is 8.98. The first-order valence-corrected chi connectivity index (χ1v) is 12.6. The first kappa shape index (κ1) is 22.2. The Bertz CT molecular complexity index is 931. The predicted molar refractivity (Wildman–Crippen MR) is 130 cm³/mol. The van der Waals surface area contributed by atoms with Gasteiger partial charge in [0.15, 0.2) is 0 Å². The van der Waals surface area contributed by atoms with E-state index in [9.17, 15) is 4.79 Å². The van der Waals surface area contributed by atoms with Gasteiger partial charge in [-0.05, 0) is 68.3 Å².